The maximum absolute atomic E-state index is 3.82. The summed E-state index contributed by atoms with van der Waals surface area (Å²) in [4.78, 5) is 2.15. The van der Waals surface area contributed by atoms with Gasteiger partial charge in [0.15, 0.2) is 0 Å². The molecule has 0 aliphatic rings. The largest absolute Gasteiger partial charge is 0.357 e. The van der Waals surface area contributed by atoms with Gasteiger partial charge in [-0.05, 0) is 36.8 Å². The Labute approximate surface area is 126 Å². The van der Waals surface area contributed by atoms with Crippen molar-refractivity contribution in [1.82, 2.24) is 4.90 Å². The van der Waals surface area contributed by atoms with Crippen LogP contribution in [0.3, 0.4) is 0 Å². The summed E-state index contributed by atoms with van der Waals surface area (Å²) in [6.07, 6.45) is 12.8. The standard InChI is InChI=1S/C19H31N/c1-9-11-18(15(3)4)13-20(8)14-19(16(5)6)12-17(7)10-2/h9-16H,2H2,1,3-8H3/b11-9-,17-12+,18-13+,19-14+. The van der Waals surface area contributed by atoms with Crippen LogP contribution in [0.15, 0.2) is 60.0 Å². The van der Waals surface area contributed by atoms with E-state index in [4.69, 9.17) is 0 Å². The second-order valence-corrected chi connectivity index (χ2v) is 5.83. The van der Waals surface area contributed by atoms with Crippen molar-refractivity contribution in [2.24, 2.45) is 11.8 Å². The van der Waals surface area contributed by atoms with E-state index in [0.717, 1.165) is 0 Å². The van der Waals surface area contributed by atoms with E-state index in [9.17, 15) is 0 Å². The zero-order valence-corrected chi connectivity index (χ0v) is 14.3. The molecule has 1 nitrogen and oxygen atoms in total. The van der Waals surface area contributed by atoms with Crippen molar-refractivity contribution in [1.29, 1.82) is 0 Å². The Morgan fingerprint density at radius 2 is 1.50 bits per heavy atom. The first-order chi connectivity index (χ1) is 9.31. The average Bonchev–Trinajstić information content (AvgIpc) is 2.36. The Bertz CT molecular complexity index is 417. The fraction of sp³-hybridized carbons (Fsp3) is 0.474. The fourth-order valence-corrected chi connectivity index (χ4v) is 1.76. The molecule has 0 amide bonds. The van der Waals surface area contributed by atoms with Crippen LogP contribution in [0.1, 0.15) is 41.5 Å². The second kappa shape index (κ2) is 9.41. The van der Waals surface area contributed by atoms with Crippen LogP contribution < -0.4 is 0 Å². The highest BCUT2D eigenvalue weighted by atomic mass is 15.0. The van der Waals surface area contributed by atoms with Crippen LogP contribution in [0, 0.1) is 11.8 Å². The number of allylic oxidation sites excluding steroid dienone is 7. The van der Waals surface area contributed by atoms with Gasteiger partial charge in [-0.1, -0.05) is 64.2 Å². The first kappa shape index (κ1) is 18.5. The van der Waals surface area contributed by atoms with Crippen LogP contribution in [-0.2, 0) is 0 Å². The van der Waals surface area contributed by atoms with E-state index < -0.39 is 0 Å². The van der Waals surface area contributed by atoms with Crippen molar-refractivity contribution in [3.8, 4) is 0 Å². The summed E-state index contributed by atoms with van der Waals surface area (Å²) in [5, 5.41) is 0. The zero-order chi connectivity index (χ0) is 15.7. The Balaban J connectivity index is 5.33. The normalized spacial score (nSPS) is 14.6. The van der Waals surface area contributed by atoms with Gasteiger partial charge in [-0.2, -0.15) is 0 Å². The summed E-state index contributed by atoms with van der Waals surface area (Å²) >= 11 is 0. The van der Waals surface area contributed by atoms with Crippen molar-refractivity contribution >= 4 is 0 Å². The number of rotatable bonds is 7. The summed E-state index contributed by atoms with van der Waals surface area (Å²) in [7, 11) is 2.09. The lowest BCUT2D eigenvalue weighted by molar-refractivity contribution is 0.590. The monoisotopic (exact) mass is 273 g/mol. The van der Waals surface area contributed by atoms with Gasteiger partial charge in [0.25, 0.3) is 0 Å². The van der Waals surface area contributed by atoms with Gasteiger partial charge in [-0.3, -0.25) is 0 Å². The summed E-state index contributed by atoms with van der Waals surface area (Å²) in [6, 6.07) is 0. The molecule has 0 aromatic rings. The van der Waals surface area contributed by atoms with Crippen LogP contribution in [0.25, 0.3) is 0 Å². The molecule has 112 valence electrons. The van der Waals surface area contributed by atoms with Crippen molar-refractivity contribution in [3.63, 3.8) is 0 Å². The third-order valence-electron chi connectivity index (χ3n) is 3.11. The van der Waals surface area contributed by atoms with Crippen LogP contribution in [0.2, 0.25) is 0 Å². The Kier molecular flexibility index (Phi) is 8.71. The molecule has 0 radical (unpaired) electrons. The van der Waals surface area contributed by atoms with Gasteiger partial charge >= 0.3 is 0 Å². The van der Waals surface area contributed by atoms with Crippen molar-refractivity contribution in [3.05, 3.63) is 60.0 Å². The van der Waals surface area contributed by atoms with E-state index in [1.807, 2.05) is 6.08 Å². The molecule has 0 spiro atoms. The third kappa shape index (κ3) is 7.18. The smallest absolute Gasteiger partial charge is 0.0106 e. The van der Waals surface area contributed by atoms with Crippen molar-refractivity contribution < 1.29 is 0 Å². The lowest BCUT2D eigenvalue weighted by atomic mass is 10.0. The molecule has 0 fully saturated rings. The molecule has 1 heteroatoms. The topological polar surface area (TPSA) is 3.24 Å². The molecule has 0 heterocycles. The van der Waals surface area contributed by atoms with Gasteiger partial charge in [0.05, 0.1) is 0 Å². The van der Waals surface area contributed by atoms with E-state index >= 15 is 0 Å². The highest BCUT2D eigenvalue weighted by Gasteiger charge is 2.03. The molecule has 0 aromatic heterocycles. The van der Waals surface area contributed by atoms with Gasteiger partial charge in [-0.15, -0.1) is 0 Å². The Hall–Kier alpha value is -1.50. The fourth-order valence-electron chi connectivity index (χ4n) is 1.76. The van der Waals surface area contributed by atoms with Gasteiger partial charge in [0.1, 0.15) is 0 Å². The van der Waals surface area contributed by atoms with Gasteiger partial charge in [-0.25, -0.2) is 0 Å². The van der Waals surface area contributed by atoms with E-state index in [1.54, 1.807) is 0 Å². The molecule has 0 unspecified atom stereocenters. The molecule has 0 saturated carbocycles. The average molecular weight is 273 g/mol. The Morgan fingerprint density at radius 3 is 1.90 bits per heavy atom. The highest BCUT2D eigenvalue weighted by molar-refractivity contribution is 5.29. The predicted octanol–water partition coefficient (Wildman–Crippen LogP) is 5.71. The molecule has 0 aromatic carbocycles. The first-order valence-corrected chi connectivity index (χ1v) is 7.40. The highest BCUT2D eigenvalue weighted by Crippen LogP contribution is 2.17. The summed E-state index contributed by atoms with van der Waals surface area (Å²) in [6.45, 7) is 16.8. The molecule has 0 aliphatic carbocycles. The van der Waals surface area contributed by atoms with E-state index in [1.165, 1.54) is 16.7 Å². The molecule has 0 saturated heterocycles. The lowest BCUT2D eigenvalue weighted by Gasteiger charge is -2.17. The lowest BCUT2D eigenvalue weighted by Crippen LogP contribution is -2.07. The van der Waals surface area contributed by atoms with Crippen LogP contribution in [0.5, 0.6) is 0 Å². The summed E-state index contributed by atoms with van der Waals surface area (Å²) in [5.74, 6) is 1.01. The van der Waals surface area contributed by atoms with E-state index in [2.05, 4.69) is 90.7 Å². The van der Waals surface area contributed by atoms with Gasteiger partial charge in [0, 0.05) is 19.4 Å². The third-order valence-corrected chi connectivity index (χ3v) is 3.11. The van der Waals surface area contributed by atoms with E-state index in [-0.39, 0.29) is 0 Å². The van der Waals surface area contributed by atoms with Crippen molar-refractivity contribution in [2.75, 3.05) is 7.05 Å². The van der Waals surface area contributed by atoms with Crippen molar-refractivity contribution in [2.45, 2.75) is 41.5 Å². The Morgan fingerprint density at radius 1 is 1.00 bits per heavy atom. The predicted molar refractivity (Wildman–Crippen MR) is 92.4 cm³/mol. The van der Waals surface area contributed by atoms with E-state index in [0.29, 0.717) is 11.8 Å². The maximum Gasteiger partial charge on any atom is 0.0106 e. The number of hydrogen-bond donors (Lipinski definition) is 0. The summed E-state index contributed by atoms with van der Waals surface area (Å²) < 4.78 is 0. The minimum absolute atomic E-state index is 0.491. The maximum atomic E-state index is 3.82. The number of nitrogens with zero attached hydrogens (tertiary/aromatic N) is 1. The quantitative estimate of drug-likeness (QED) is 0.537. The second-order valence-electron chi connectivity index (χ2n) is 5.83. The van der Waals surface area contributed by atoms with Crippen LogP contribution >= 0.6 is 0 Å². The molecule has 0 atom stereocenters. The first-order valence-electron chi connectivity index (χ1n) is 7.40. The molecule has 0 N–H and O–H groups in total. The molecule has 20 heavy (non-hydrogen) atoms. The summed E-state index contributed by atoms with van der Waals surface area (Å²) in [5.41, 5.74) is 3.84. The van der Waals surface area contributed by atoms with Gasteiger partial charge in [0.2, 0.25) is 0 Å². The van der Waals surface area contributed by atoms with Gasteiger partial charge < -0.3 is 4.90 Å². The molecule has 0 rings (SSSR count). The molecular weight excluding hydrogens is 242 g/mol. The minimum Gasteiger partial charge on any atom is -0.357 e. The van der Waals surface area contributed by atoms with Crippen LogP contribution in [0.4, 0.5) is 0 Å². The zero-order valence-electron chi connectivity index (χ0n) is 14.3. The molecule has 0 aliphatic heterocycles. The molecule has 0 bridgehead atoms. The minimum atomic E-state index is 0.491. The van der Waals surface area contributed by atoms with Crippen LogP contribution in [-0.4, -0.2) is 11.9 Å². The number of hydrogen-bond acceptors (Lipinski definition) is 1. The SMILES string of the molecule is C=C/C(C)=C/C(=C\N(C)/C=C(\C=C/C)C(C)C)C(C)C. The molecular formula is C19H31N.